The first-order chi connectivity index (χ1) is 11.2. The van der Waals surface area contributed by atoms with Crippen molar-refractivity contribution in [3.63, 3.8) is 0 Å². The van der Waals surface area contributed by atoms with Gasteiger partial charge >= 0.3 is 0 Å². The van der Waals surface area contributed by atoms with Gasteiger partial charge in [-0.1, -0.05) is 20.8 Å². The molecular formula is C16H24BrN5O. The van der Waals surface area contributed by atoms with E-state index in [2.05, 4.69) is 43.2 Å². The summed E-state index contributed by atoms with van der Waals surface area (Å²) in [4.78, 5) is 21.5. The Labute approximate surface area is 144 Å². The average molecular weight is 382 g/mol. The molecule has 2 aliphatic carbocycles. The Morgan fingerprint density at radius 2 is 2.09 bits per heavy atom. The molecule has 4 rings (SSSR count). The third-order valence-electron chi connectivity index (χ3n) is 4.96. The molecule has 0 spiro atoms. The minimum absolute atomic E-state index is 0.0258. The topological polar surface area (TPSA) is 75.1 Å². The molecular weight excluding hydrogens is 358 g/mol. The van der Waals surface area contributed by atoms with Gasteiger partial charge in [0.1, 0.15) is 0 Å². The van der Waals surface area contributed by atoms with Gasteiger partial charge in [-0.15, -0.1) is 0 Å². The van der Waals surface area contributed by atoms with Crippen molar-refractivity contribution in [2.75, 3.05) is 6.54 Å². The molecule has 2 aliphatic rings. The van der Waals surface area contributed by atoms with E-state index in [1.54, 1.807) is 0 Å². The van der Waals surface area contributed by atoms with E-state index >= 15 is 0 Å². The Morgan fingerprint density at radius 1 is 1.30 bits per heavy atom. The molecule has 0 radical (unpaired) electrons. The lowest BCUT2D eigenvalue weighted by Crippen LogP contribution is -2.47. The van der Waals surface area contributed by atoms with Gasteiger partial charge in [0, 0.05) is 11.6 Å². The number of halogens is 1. The summed E-state index contributed by atoms with van der Waals surface area (Å²) in [5, 5.41) is 6.46. The van der Waals surface area contributed by atoms with Crippen LogP contribution in [0.15, 0.2) is 9.53 Å². The van der Waals surface area contributed by atoms with Crippen LogP contribution in [-0.2, 0) is 6.42 Å². The molecule has 3 unspecified atom stereocenters. The van der Waals surface area contributed by atoms with Crippen molar-refractivity contribution in [3.8, 4) is 0 Å². The van der Waals surface area contributed by atoms with Crippen LogP contribution in [0.4, 0.5) is 0 Å². The van der Waals surface area contributed by atoms with Gasteiger partial charge in [0.15, 0.2) is 4.73 Å². The van der Waals surface area contributed by atoms with Crippen molar-refractivity contribution in [1.29, 1.82) is 0 Å². The van der Waals surface area contributed by atoms with Crippen molar-refractivity contribution >= 4 is 21.7 Å². The van der Waals surface area contributed by atoms with Crippen LogP contribution >= 0.6 is 15.9 Å². The summed E-state index contributed by atoms with van der Waals surface area (Å²) in [6.07, 6.45) is 4.36. The molecule has 126 valence electrons. The lowest BCUT2D eigenvalue weighted by atomic mass is 9.70. The second-order valence-electron chi connectivity index (χ2n) is 5.98. The highest BCUT2D eigenvalue weighted by Gasteiger charge is 2.42. The Balaban J connectivity index is 0.000000753. The van der Waals surface area contributed by atoms with Gasteiger partial charge in [-0.2, -0.15) is 9.50 Å². The molecule has 7 heteroatoms. The molecule has 1 fully saturated rings. The monoisotopic (exact) mass is 381 g/mol. The fraction of sp³-hybridized carbons (Fsp3) is 0.688. The lowest BCUT2D eigenvalue weighted by Gasteiger charge is -2.41. The SMILES string of the molecule is CC.CCNC1CCC1C1CCc2nc3nc(Br)[nH]n3c(=O)c21. The highest BCUT2D eigenvalue weighted by Crippen LogP contribution is 2.45. The third kappa shape index (κ3) is 2.74. The van der Waals surface area contributed by atoms with E-state index in [1.807, 2.05) is 13.8 Å². The molecule has 0 aliphatic heterocycles. The van der Waals surface area contributed by atoms with E-state index in [9.17, 15) is 4.79 Å². The van der Waals surface area contributed by atoms with Gasteiger partial charge in [-0.25, -0.2) is 4.98 Å². The smallest absolute Gasteiger partial charge is 0.277 e. The van der Waals surface area contributed by atoms with Crippen LogP contribution < -0.4 is 10.9 Å². The van der Waals surface area contributed by atoms with Crippen molar-refractivity contribution in [3.05, 3.63) is 26.3 Å². The van der Waals surface area contributed by atoms with Crippen molar-refractivity contribution in [2.24, 2.45) is 5.92 Å². The van der Waals surface area contributed by atoms with Crippen LogP contribution in [0, 0.1) is 5.92 Å². The van der Waals surface area contributed by atoms with E-state index in [4.69, 9.17) is 0 Å². The zero-order chi connectivity index (χ0) is 16.6. The number of nitrogens with zero attached hydrogens (tertiary/aromatic N) is 3. The zero-order valence-electron chi connectivity index (χ0n) is 13.9. The highest BCUT2D eigenvalue weighted by molar-refractivity contribution is 9.10. The lowest BCUT2D eigenvalue weighted by molar-refractivity contribution is 0.175. The summed E-state index contributed by atoms with van der Waals surface area (Å²) < 4.78 is 2.00. The van der Waals surface area contributed by atoms with Crippen LogP contribution in [0.3, 0.4) is 0 Å². The van der Waals surface area contributed by atoms with Gasteiger partial charge in [-0.3, -0.25) is 9.89 Å². The molecule has 2 aromatic heterocycles. The molecule has 3 atom stereocenters. The van der Waals surface area contributed by atoms with E-state index in [1.165, 1.54) is 17.4 Å². The first-order valence-electron chi connectivity index (χ1n) is 8.59. The maximum absolute atomic E-state index is 12.8. The summed E-state index contributed by atoms with van der Waals surface area (Å²) in [6, 6.07) is 0.555. The van der Waals surface area contributed by atoms with Crippen LogP contribution in [0.2, 0.25) is 0 Å². The largest absolute Gasteiger partial charge is 0.314 e. The highest BCUT2D eigenvalue weighted by atomic mass is 79.9. The molecule has 2 N–H and O–H groups in total. The van der Waals surface area contributed by atoms with Crippen molar-refractivity contribution < 1.29 is 0 Å². The van der Waals surface area contributed by atoms with Crippen molar-refractivity contribution in [1.82, 2.24) is 24.9 Å². The third-order valence-corrected chi connectivity index (χ3v) is 5.31. The van der Waals surface area contributed by atoms with Gasteiger partial charge in [0.25, 0.3) is 11.3 Å². The molecule has 2 aromatic rings. The summed E-state index contributed by atoms with van der Waals surface area (Å²) in [6.45, 7) is 7.13. The second kappa shape index (κ2) is 6.73. The second-order valence-corrected chi connectivity index (χ2v) is 6.73. The molecule has 0 amide bonds. The first kappa shape index (κ1) is 16.6. The number of aromatic amines is 1. The van der Waals surface area contributed by atoms with E-state index < -0.39 is 0 Å². The Bertz CT molecular complexity index is 753. The molecule has 6 nitrogen and oxygen atoms in total. The number of hydrogen-bond donors (Lipinski definition) is 2. The minimum atomic E-state index is 0.0258. The average Bonchev–Trinajstić information content (AvgIpc) is 3.10. The number of aromatic nitrogens is 4. The number of fused-ring (bicyclic) bond motifs is 2. The van der Waals surface area contributed by atoms with Crippen LogP contribution in [0.5, 0.6) is 0 Å². The fourth-order valence-corrected chi connectivity index (χ4v) is 4.23. The Kier molecular flexibility index (Phi) is 4.87. The predicted molar refractivity (Wildman–Crippen MR) is 93.9 cm³/mol. The van der Waals surface area contributed by atoms with Gasteiger partial charge < -0.3 is 5.32 Å². The summed E-state index contributed by atoms with van der Waals surface area (Å²) in [7, 11) is 0. The normalized spacial score (nSPS) is 25.7. The summed E-state index contributed by atoms with van der Waals surface area (Å²) in [5.41, 5.74) is 1.89. The quantitative estimate of drug-likeness (QED) is 0.856. The first-order valence-corrected chi connectivity index (χ1v) is 9.38. The van der Waals surface area contributed by atoms with Gasteiger partial charge in [0.05, 0.1) is 5.69 Å². The number of H-pyrrole nitrogens is 1. The van der Waals surface area contributed by atoms with Gasteiger partial charge in [0.2, 0.25) is 0 Å². The predicted octanol–water partition coefficient (Wildman–Crippen LogP) is 2.62. The van der Waals surface area contributed by atoms with E-state index in [0.29, 0.717) is 28.4 Å². The molecule has 2 heterocycles. The summed E-state index contributed by atoms with van der Waals surface area (Å²) in [5.74, 6) is 1.38. The molecule has 0 saturated heterocycles. The maximum Gasteiger partial charge on any atom is 0.277 e. The zero-order valence-corrected chi connectivity index (χ0v) is 15.5. The van der Waals surface area contributed by atoms with E-state index in [-0.39, 0.29) is 5.56 Å². The summed E-state index contributed by atoms with van der Waals surface area (Å²) >= 11 is 3.27. The Morgan fingerprint density at radius 3 is 2.74 bits per heavy atom. The Hall–Kier alpha value is -1.21. The van der Waals surface area contributed by atoms with Crippen LogP contribution in [0.1, 0.15) is 57.2 Å². The van der Waals surface area contributed by atoms with Gasteiger partial charge in [-0.05, 0) is 60.0 Å². The van der Waals surface area contributed by atoms with Crippen LogP contribution in [0.25, 0.3) is 5.78 Å². The molecule has 0 aromatic carbocycles. The number of rotatable bonds is 3. The van der Waals surface area contributed by atoms with E-state index in [0.717, 1.165) is 30.6 Å². The number of aryl methyl sites for hydroxylation is 1. The minimum Gasteiger partial charge on any atom is -0.314 e. The van der Waals surface area contributed by atoms with Crippen LogP contribution in [-0.4, -0.2) is 32.2 Å². The number of nitrogens with one attached hydrogen (secondary N) is 2. The molecule has 1 saturated carbocycles. The standard InChI is InChI=1S/C14H18BrN5O.C2H6/c1-2-16-9-5-3-7(9)8-4-6-10-11(8)12(21)20-14(17-10)18-13(15)19-20;1-2/h7-9,16H,2-6H2,1H3,(H,17,18,19);1-2H3. The number of hydrogen-bond acceptors (Lipinski definition) is 4. The molecule has 23 heavy (non-hydrogen) atoms. The van der Waals surface area contributed by atoms with Crippen molar-refractivity contribution in [2.45, 2.75) is 58.4 Å². The molecule has 0 bridgehead atoms. The fourth-order valence-electron chi connectivity index (χ4n) is 3.90. The maximum atomic E-state index is 12.8.